The molecular weight excluding hydrogens is 436 g/mol. The standard InChI is InChI=1S/C14H15Cl2F3N2O5S/c1-13(23,14(17,18)19)12(22)20-8-2-3-9(11(16)10(8)15)27(24,25)21-4-6-26-7-5-21/h2-3,23H,4-7H2,1H3,(H,20,22)/t13-/m1/s1. The maximum absolute atomic E-state index is 12.7. The summed E-state index contributed by atoms with van der Waals surface area (Å²) in [6.45, 7) is 0.873. The van der Waals surface area contributed by atoms with E-state index in [1.54, 1.807) is 5.32 Å². The highest BCUT2D eigenvalue weighted by Gasteiger charge is 2.55. The molecule has 7 nitrogen and oxygen atoms in total. The number of halogens is 5. The van der Waals surface area contributed by atoms with E-state index in [0.29, 0.717) is 0 Å². The first-order valence-electron chi connectivity index (χ1n) is 7.46. The van der Waals surface area contributed by atoms with Crippen molar-refractivity contribution in [2.45, 2.75) is 23.6 Å². The van der Waals surface area contributed by atoms with Crippen molar-refractivity contribution in [2.24, 2.45) is 0 Å². The second-order valence-corrected chi connectivity index (χ2v) is 8.44. The second kappa shape index (κ2) is 7.72. The molecule has 1 aromatic carbocycles. The number of aliphatic hydroxyl groups is 1. The lowest BCUT2D eigenvalue weighted by atomic mass is 10.1. The van der Waals surface area contributed by atoms with Gasteiger partial charge in [-0.05, 0) is 19.1 Å². The molecule has 13 heteroatoms. The molecule has 0 unspecified atom stereocenters. The zero-order chi connectivity index (χ0) is 20.6. The van der Waals surface area contributed by atoms with E-state index in [2.05, 4.69) is 0 Å². The number of carbonyl (C=O) groups is 1. The molecule has 0 saturated carbocycles. The average molecular weight is 451 g/mol. The van der Waals surface area contributed by atoms with E-state index in [-0.39, 0.29) is 43.8 Å². The summed E-state index contributed by atoms with van der Waals surface area (Å²) in [5, 5.41) is 10.2. The van der Waals surface area contributed by atoms with Crippen molar-refractivity contribution in [3.63, 3.8) is 0 Å². The fourth-order valence-corrected chi connectivity index (χ4v) is 4.33. The van der Waals surface area contributed by atoms with Gasteiger partial charge in [-0.15, -0.1) is 0 Å². The van der Waals surface area contributed by atoms with Crippen molar-refractivity contribution in [1.29, 1.82) is 0 Å². The number of nitrogens with one attached hydrogen (secondary N) is 1. The van der Waals surface area contributed by atoms with Crippen LogP contribution in [-0.4, -0.2) is 61.8 Å². The first-order valence-corrected chi connectivity index (χ1v) is 9.66. The maximum atomic E-state index is 12.7. The Kier molecular flexibility index (Phi) is 6.34. The number of nitrogens with zero attached hydrogens (tertiary/aromatic N) is 1. The molecule has 1 fully saturated rings. The minimum atomic E-state index is -5.23. The third kappa shape index (κ3) is 4.33. The smallest absolute Gasteiger partial charge is 0.379 e. The summed E-state index contributed by atoms with van der Waals surface area (Å²) >= 11 is 11.9. The molecule has 0 spiro atoms. The summed E-state index contributed by atoms with van der Waals surface area (Å²) in [6.07, 6.45) is -5.23. The van der Waals surface area contributed by atoms with Crippen molar-refractivity contribution in [3.8, 4) is 0 Å². The van der Waals surface area contributed by atoms with Gasteiger partial charge in [0.05, 0.1) is 28.9 Å². The molecule has 0 aromatic heterocycles. The average Bonchev–Trinajstić information content (AvgIpc) is 2.58. The molecule has 1 saturated heterocycles. The summed E-state index contributed by atoms with van der Waals surface area (Å²) in [7, 11) is -4.02. The van der Waals surface area contributed by atoms with Gasteiger partial charge < -0.3 is 15.2 Å². The van der Waals surface area contributed by atoms with E-state index in [0.717, 1.165) is 16.4 Å². The Hall–Kier alpha value is -1.11. The first kappa shape index (κ1) is 22.2. The second-order valence-electron chi connectivity index (χ2n) is 5.78. The van der Waals surface area contributed by atoms with Crippen LogP contribution in [0.2, 0.25) is 10.0 Å². The Morgan fingerprint density at radius 2 is 1.78 bits per heavy atom. The zero-order valence-electron chi connectivity index (χ0n) is 13.8. The third-order valence-electron chi connectivity index (χ3n) is 3.88. The number of carbonyl (C=O) groups excluding carboxylic acids is 1. The molecule has 1 atom stereocenters. The highest BCUT2D eigenvalue weighted by Crippen LogP contribution is 2.38. The van der Waals surface area contributed by atoms with Crippen LogP contribution in [0.5, 0.6) is 0 Å². The van der Waals surface area contributed by atoms with E-state index in [9.17, 15) is 31.5 Å². The summed E-state index contributed by atoms with van der Waals surface area (Å²) in [6, 6.07) is 2.00. The largest absolute Gasteiger partial charge is 0.426 e. The van der Waals surface area contributed by atoms with Gasteiger partial charge in [-0.25, -0.2) is 8.42 Å². The lowest BCUT2D eigenvalue weighted by molar-refractivity contribution is -0.242. The number of ether oxygens (including phenoxy) is 1. The molecule has 0 bridgehead atoms. The molecule has 0 aliphatic carbocycles. The molecule has 2 N–H and O–H groups in total. The van der Waals surface area contributed by atoms with Gasteiger partial charge in [0.2, 0.25) is 15.6 Å². The van der Waals surface area contributed by atoms with Gasteiger partial charge in [-0.2, -0.15) is 17.5 Å². The van der Waals surface area contributed by atoms with E-state index >= 15 is 0 Å². The fraction of sp³-hybridized carbons (Fsp3) is 0.500. The Morgan fingerprint density at radius 1 is 1.22 bits per heavy atom. The van der Waals surface area contributed by atoms with E-state index in [1.807, 2.05) is 0 Å². The van der Waals surface area contributed by atoms with Gasteiger partial charge in [-0.3, -0.25) is 4.79 Å². The Morgan fingerprint density at radius 3 is 2.30 bits per heavy atom. The zero-order valence-corrected chi connectivity index (χ0v) is 16.1. The van der Waals surface area contributed by atoms with Crippen LogP contribution in [0.25, 0.3) is 0 Å². The van der Waals surface area contributed by atoms with Crippen molar-refractivity contribution in [2.75, 3.05) is 31.6 Å². The topological polar surface area (TPSA) is 95.9 Å². The van der Waals surface area contributed by atoms with Crippen LogP contribution in [0, 0.1) is 0 Å². The van der Waals surface area contributed by atoms with Crippen molar-refractivity contribution in [3.05, 3.63) is 22.2 Å². The van der Waals surface area contributed by atoms with Gasteiger partial charge in [0.25, 0.3) is 5.91 Å². The number of hydrogen-bond donors (Lipinski definition) is 2. The number of hydrogen-bond acceptors (Lipinski definition) is 5. The Labute approximate surface area is 163 Å². The van der Waals surface area contributed by atoms with Gasteiger partial charge in [0.1, 0.15) is 4.90 Å². The third-order valence-corrected chi connectivity index (χ3v) is 6.81. The monoisotopic (exact) mass is 450 g/mol. The number of rotatable bonds is 4. The first-order chi connectivity index (χ1) is 12.3. The van der Waals surface area contributed by atoms with Crippen LogP contribution in [0.4, 0.5) is 18.9 Å². The number of sulfonamides is 1. The highest BCUT2D eigenvalue weighted by atomic mass is 35.5. The molecule has 1 amide bonds. The number of alkyl halides is 3. The molecule has 0 radical (unpaired) electrons. The minimum absolute atomic E-state index is 0.100. The minimum Gasteiger partial charge on any atom is -0.379 e. The molecule has 152 valence electrons. The van der Waals surface area contributed by atoms with Gasteiger partial charge >= 0.3 is 6.18 Å². The van der Waals surface area contributed by atoms with Crippen LogP contribution in [0.15, 0.2) is 17.0 Å². The summed E-state index contributed by atoms with van der Waals surface area (Å²) in [4.78, 5) is 11.4. The number of benzene rings is 1. The molecular formula is C14H15Cl2F3N2O5S. The van der Waals surface area contributed by atoms with Crippen molar-refractivity contribution >= 4 is 44.8 Å². The molecule has 2 rings (SSSR count). The molecule has 1 aromatic rings. The van der Waals surface area contributed by atoms with E-state index in [4.69, 9.17) is 27.9 Å². The van der Waals surface area contributed by atoms with Crippen LogP contribution >= 0.6 is 23.2 Å². The molecule has 1 aliphatic heterocycles. The maximum Gasteiger partial charge on any atom is 0.426 e. The molecule has 1 heterocycles. The Balaban J connectivity index is 2.34. The fourth-order valence-electron chi connectivity index (χ4n) is 2.13. The lowest BCUT2D eigenvalue weighted by Gasteiger charge is -2.27. The lowest BCUT2D eigenvalue weighted by Crippen LogP contribution is -2.52. The number of morpholine rings is 1. The van der Waals surface area contributed by atoms with Crippen LogP contribution in [-0.2, 0) is 19.6 Å². The van der Waals surface area contributed by atoms with Crippen molar-refractivity contribution in [1.82, 2.24) is 4.31 Å². The number of amides is 1. The normalized spacial score (nSPS) is 18.8. The van der Waals surface area contributed by atoms with Gasteiger partial charge in [-0.1, -0.05) is 23.2 Å². The SMILES string of the molecule is C[C@@](O)(C(=O)Nc1ccc(S(=O)(=O)N2CCOCC2)c(Cl)c1Cl)C(F)(F)F. The van der Waals surface area contributed by atoms with Crippen LogP contribution in [0.3, 0.4) is 0 Å². The van der Waals surface area contributed by atoms with Gasteiger partial charge in [0.15, 0.2) is 0 Å². The summed E-state index contributed by atoms with van der Waals surface area (Å²) in [5.74, 6) is -1.79. The quantitative estimate of drug-likeness (QED) is 0.733. The molecule has 1 aliphatic rings. The highest BCUT2D eigenvalue weighted by molar-refractivity contribution is 7.89. The summed E-state index contributed by atoms with van der Waals surface area (Å²) < 4.78 is 69.7. The molecule has 27 heavy (non-hydrogen) atoms. The summed E-state index contributed by atoms with van der Waals surface area (Å²) in [5.41, 5.74) is -4.06. The van der Waals surface area contributed by atoms with Gasteiger partial charge in [0, 0.05) is 13.1 Å². The van der Waals surface area contributed by atoms with Crippen LogP contribution in [0.1, 0.15) is 6.92 Å². The van der Waals surface area contributed by atoms with Crippen LogP contribution < -0.4 is 5.32 Å². The Bertz CT molecular complexity index is 840. The predicted octanol–water partition coefficient (Wildman–Crippen LogP) is 2.27. The van der Waals surface area contributed by atoms with Crippen molar-refractivity contribution < 1.29 is 36.2 Å². The van der Waals surface area contributed by atoms with E-state index in [1.165, 1.54) is 0 Å². The van der Waals surface area contributed by atoms with E-state index < -0.39 is 37.8 Å². The number of anilines is 1. The predicted molar refractivity (Wildman–Crippen MR) is 91.3 cm³/mol.